The summed E-state index contributed by atoms with van der Waals surface area (Å²) >= 11 is 0. The molecule has 1 aliphatic rings. The molecule has 0 radical (unpaired) electrons. The summed E-state index contributed by atoms with van der Waals surface area (Å²) in [5, 5.41) is 10.7. The molecule has 3 aromatic rings. The van der Waals surface area contributed by atoms with Crippen LogP contribution in [-0.2, 0) is 11.3 Å². The topological polar surface area (TPSA) is 76.0 Å². The van der Waals surface area contributed by atoms with Gasteiger partial charge in [0.2, 0.25) is 0 Å². The number of phenolic OH excluding ortho intramolecular Hbond substituents is 1. The molecule has 6 heteroatoms. The summed E-state index contributed by atoms with van der Waals surface area (Å²) in [5.41, 5.74) is 0.839. The second-order valence-corrected chi connectivity index (χ2v) is 5.78. The van der Waals surface area contributed by atoms with Crippen molar-refractivity contribution in [3.05, 3.63) is 52.4 Å². The van der Waals surface area contributed by atoms with Crippen LogP contribution in [0.1, 0.15) is 5.56 Å². The third-order valence-electron chi connectivity index (χ3n) is 4.23. The van der Waals surface area contributed by atoms with Gasteiger partial charge in [0.15, 0.2) is 16.9 Å². The predicted molar refractivity (Wildman–Crippen MR) is 87.9 cm³/mol. The summed E-state index contributed by atoms with van der Waals surface area (Å²) < 4.78 is 16.5. The first-order valence-corrected chi connectivity index (χ1v) is 7.85. The lowest BCUT2D eigenvalue weighted by atomic mass is 10.1. The van der Waals surface area contributed by atoms with Crippen LogP contribution in [0.15, 0.2) is 50.2 Å². The number of hydrogen-bond acceptors (Lipinski definition) is 6. The van der Waals surface area contributed by atoms with E-state index in [2.05, 4.69) is 4.90 Å². The highest BCUT2D eigenvalue weighted by atomic mass is 16.5. The van der Waals surface area contributed by atoms with Crippen molar-refractivity contribution in [3.8, 4) is 17.3 Å². The molecule has 0 spiro atoms. The number of rotatable bonds is 3. The van der Waals surface area contributed by atoms with E-state index in [0.717, 1.165) is 13.1 Å². The van der Waals surface area contributed by atoms with Gasteiger partial charge in [-0.1, -0.05) is 0 Å². The number of ether oxygens (including phenoxy) is 1. The summed E-state index contributed by atoms with van der Waals surface area (Å²) in [6.45, 7) is 3.33. The average molecular weight is 327 g/mol. The van der Waals surface area contributed by atoms with Gasteiger partial charge in [-0.15, -0.1) is 0 Å². The molecule has 24 heavy (non-hydrogen) atoms. The second kappa shape index (κ2) is 6.14. The van der Waals surface area contributed by atoms with Gasteiger partial charge in [0.05, 0.1) is 24.9 Å². The number of morpholine rings is 1. The van der Waals surface area contributed by atoms with Crippen molar-refractivity contribution in [3.63, 3.8) is 0 Å². The molecule has 1 N–H and O–H groups in total. The second-order valence-electron chi connectivity index (χ2n) is 5.78. The number of hydrogen-bond donors (Lipinski definition) is 1. The SMILES string of the molecule is O=c1cc(-c2ccco2)oc2ccc(O)c(CN3CCOCC3)c12. The van der Waals surface area contributed by atoms with E-state index in [4.69, 9.17) is 13.6 Å². The fourth-order valence-corrected chi connectivity index (χ4v) is 2.99. The van der Waals surface area contributed by atoms with Crippen molar-refractivity contribution in [2.24, 2.45) is 0 Å². The maximum atomic E-state index is 12.7. The van der Waals surface area contributed by atoms with Crippen LogP contribution in [0.2, 0.25) is 0 Å². The molecule has 1 aliphatic heterocycles. The summed E-state index contributed by atoms with van der Waals surface area (Å²) in [6.07, 6.45) is 1.53. The lowest BCUT2D eigenvalue weighted by Gasteiger charge is -2.27. The number of phenols is 1. The van der Waals surface area contributed by atoms with Gasteiger partial charge in [-0.3, -0.25) is 9.69 Å². The number of benzene rings is 1. The largest absolute Gasteiger partial charge is 0.508 e. The van der Waals surface area contributed by atoms with E-state index in [9.17, 15) is 9.90 Å². The van der Waals surface area contributed by atoms with Crippen LogP contribution >= 0.6 is 0 Å². The Labute approximate surface area is 137 Å². The fraction of sp³-hybridized carbons (Fsp3) is 0.278. The molecule has 0 atom stereocenters. The summed E-state index contributed by atoms with van der Waals surface area (Å²) in [7, 11) is 0. The lowest BCUT2D eigenvalue weighted by molar-refractivity contribution is 0.0340. The summed E-state index contributed by atoms with van der Waals surface area (Å²) in [5.74, 6) is 0.976. The highest BCUT2D eigenvalue weighted by Crippen LogP contribution is 2.29. The van der Waals surface area contributed by atoms with Gasteiger partial charge in [0.1, 0.15) is 11.3 Å². The lowest BCUT2D eigenvalue weighted by Crippen LogP contribution is -2.35. The van der Waals surface area contributed by atoms with Gasteiger partial charge in [-0.05, 0) is 24.3 Å². The van der Waals surface area contributed by atoms with Crippen molar-refractivity contribution in [2.45, 2.75) is 6.54 Å². The zero-order chi connectivity index (χ0) is 16.5. The van der Waals surface area contributed by atoms with Crippen LogP contribution in [-0.4, -0.2) is 36.3 Å². The summed E-state index contributed by atoms with van der Waals surface area (Å²) in [6, 6.07) is 8.05. The van der Waals surface area contributed by atoms with Crippen LogP contribution in [0.5, 0.6) is 5.75 Å². The molecule has 1 fully saturated rings. The molecule has 4 rings (SSSR count). The molecule has 124 valence electrons. The van der Waals surface area contributed by atoms with Crippen LogP contribution < -0.4 is 5.43 Å². The van der Waals surface area contributed by atoms with E-state index < -0.39 is 0 Å². The maximum absolute atomic E-state index is 12.7. The van der Waals surface area contributed by atoms with E-state index in [1.54, 1.807) is 24.3 Å². The Kier molecular flexibility index (Phi) is 3.84. The van der Waals surface area contributed by atoms with Crippen molar-refractivity contribution in [1.29, 1.82) is 0 Å². The Balaban J connectivity index is 1.81. The van der Waals surface area contributed by atoms with Gasteiger partial charge < -0.3 is 18.7 Å². The molecule has 6 nitrogen and oxygen atoms in total. The van der Waals surface area contributed by atoms with Crippen LogP contribution in [0.3, 0.4) is 0 Å². The zero-order valence-corrected chi connectivity index (χ0v) is 13.0. The molecule has 0 aliphatic carbocycles. The molecular formula is C18H17NO5. The van der Waals surface area contributed by atoms with Crippen LogP contribution in [0, 0.1) is 0 Å². The minimum atomic E-state index is -0.193. The Morgan fingerprint density at radius 2 is 1.96 bits per heavy atom. The standard InChI is InChI=1S/C18H17NO5/c20-13-3-4-16-18(12(13)11-19-5-8-22-9-6-19)14(21)10-17(24-16)15-2-1-7-23-15/h1-4,7,10,20H,5-6,8-9,11H2. The molecule has 1 saturated heterocycles. The Morgan fingerprint density at radius 3 is 2.71 bits per heavy atom. The first kappa shape index (κ1) is 15.0. The molecule has 0 bridgehead atoms. The highest BCUT2D eigenvalue weighted by molar-refractivity contribution is 5.84. The van der Waals surface area contributed by atoms with Crippen molar-refractivity contribution in [2.75, 3.05) is 26.3 Å². The molecule has 1 aromatic carbocycles. The molecule has 3 heterocycles. The highest BCUT2D eigenvalue weighted by Gasteiger charge is 2.19. The Bertz CT molecular complexity index is 907. The van der Waals surface area contributed by atoms with Gasteiger partial charge in [0, 0.05) is 31.3 Å². The molecule has 0 unspecified atom stereocenters. The number of nitrogens with zero attached hydrogens (tertiary/aromatic N) is 1. The zero-order valence-electron chi connectivity index (χ0n) is 13.0. The molecular weight excluding hydrogens is 310 g/mol. The minimum absolute atomic E-state index is 0.104. The smallest absolute Gasteiger partial charge is 0.193 e. The van der Waals surface area contributed by atoms with E-state index in [1.165, 1.54) is 12.3 Å². The predicted octanol–water partition coefficient (Wildman–Crippen LogP) is 2.59. The average Bonchev–Trinajstić information content (AvgIpc) is 3.13. The van der Waals surface area contributed by atoms with Crippen molar-refractivity contribution < 1.29 is 18.7 Å². The molecule has 2 aromatic heterocycles. The van der Waals surface area contributed by atoms with Crippen LogP contribution in [0.25, 0.3) is 22.5 Å². The Morgan fingerprint density at radius 1 is 1.12 bits per heavy atom. The third kappa shape index (κ3) is 2.70. The number of furan rings is 1. The molecule has 0 amide bonds. The minimum Gasteiger partial charge on any atom is -0.508 e. The monoisotopic (exact) mass is 327 g/mol. The van der Waals surface area contributed by atoms with E-state index >= 15 is 0 Å². The van der Waals surface area contributed by atoms with Crippen molar-refractivity contribution in [1.82, 2.24) is 4.90 Å². The van der Waals surface area contributed by atoms with E-state index in [1.807, 2.05) is 0 Å². The fourth-order valence-electron chi connectivity index (χ4n) is 2.99. The number of aromatic hydroxyl groups is 1. The van der Waals surface area contributed by atoms with E-state index in [0.29, 0.717) is 47.8 Å². The molecule has 0 saturated carbocycles. The quantitative estimate of drug-likeness (QED) is 0.797. The van der Waals surface area contributed by atoms with Gasteiger partial charge in [-0.2, -0.15) is 0 Å². The van der Waals surface area contributed by atoms with Crippen LogP contribution in [0.4, 0.5) is 0 Å². The van der Waals surface area contributed by atoms with Gasteiger partial charge in [0.25, 0.3) is 0 Å². The van der Waals surface area contributed by atoms with Crippen molar-refractivity contribution >= 4 is 11.0 Å². The normalized spacial score (nSPS) is 15.8. The van der Waals surface area contributed by atoms with E-state index in [-0.39, 0.29) is 11.2 Å². The third-order valence-corrected chi connectivity index (χ3v) is 4.23. The first-order valence-electron chi connectivity index (χ1n) is 7.85. The summed E-state index contributed by atoms with van der Waals surface area (Å²) in [4.78, 5) is 14.8. The number of fused-ring (bicyclic) bond motifs is 1. The first-order chi connectivity index (χ1) is 11.7. The Hall–Kier alpha value is -2.57. The van der Waals surface area contributed by atoms with Gasteiger partial charge >= 0.3 is 0 Å². The van der Waals surface area contributed by atoms with Gasteiger partial charge in [-0.25, -0.2) is 0 Å². The maximum Gasteiger partial charge on any atom is 0.193 e.